The molecule has 2 aliphatic carbocycles. The van der Waals surface area contributed by atoms with E-state index in [-0.39, 0.29) is 12.0 Å². The Bertz CT molecular complexity index is 407. The molecule has 0 spiro atoms. The number of rotatable bonds is 3. The standard InChI is InChI=1S/C15H21NO2/c1-15-9-11(10-17)4-5-12(3-2-8-16)13(15)6-7-14(15)18/h4,6-7,12-14,17-18H,2-3,5,9-10H2,1H3/t12?,13-,14?,15+/m1/s1. The molecule has 98 valence electrons. The van der Waals surface area contributed by atoms with Gasteiger partial charge in [-0.05, 0) is 36.7 Å². The van der Waals surface area contributed by atoms with Gasteiger partial charge < -0.3 is 10.2 Å². The summed E-state index contributed by atoms with van der Waals surface area (Å²) in [5.41, 5.74) is 0.801. The molecule has 2 rings (SSSR count). The molecule has 4 atom stereocenters. The molecule has 0 saturated heterocycles. The fourth-order valence-electron chi connectivity index (χ4n) is 3.47. The summed E-state index contributed by atoms with van der Waals surface area (Å²) in [5, 5.41) is 28.3. The van der Waals surface area contributed by atoms with Gasteiger partial charge in [0.15, 0.2) is 0 Å². The third kappa shape index (κ3) is 2.23. The van der Waals surface area contributed by atoms with Crippen LogP contribution in [0.2, 0.25) is 0 Å². The normalized spacial score (nSPS) is 38.8. The zero-order chi connectivity index (χ0) is 13.2. The first-order valence-corrected chi connectivity index (χ1v) is 6.64. The van der Waals surface area contributed by atoms with E-state index in [0.717, 1.165) is 24.8 Å². The summed E-state index contributed by atoms with van der Waals surface area (Å²) >= 11 is 0. The van der Waals surface area contributed by atoms with E-state index < -0.39 is 6.10 Å². The molecule has 0 fully saturated rings. The fourth-order valence-corrected chi connectivity index (χ4v) is 3.47. The molecule has 2 aliphatic rings. The molecule has 2 unspecified atom stereocenters. The fraction of sp³-hybridized carbons (Fsp3) is 0.667. The van der Waals surface area contributed by atoms with E-state index in [2.05, 4.69) is 25.1 Å². The minimum absolute atomic E-state index is 0.0694. The number of nitriles is 1. The number of hydrogen-bond donors (Lipinski definition) is 2. The predicted molar refractivity (Wildman–Crippen MR) is 69.5 cm³/mol. The van der Waals surface area contributed by atoms with Gasteiger partial charge in [0, 0.05) is 11.8 Å². The Balaban J connectivity index is 2.25. The molecular weight excluding hydrogens is 226 g/mol. The summed E-state index contributed by atoms with van der Waals surface area (Å²) in [7, 11) is 0. The van der Waals surface area contributed by atoms with Crippen LogP contribution in [-0.4, -0.2) is 22.9 Å². The lowest BCUT2D eigenvalue weighted by Crippen LogP contribution is -2.36. The van der Waals surface area contributed by atoms with Gasteiger partial charge in [-0.25, -0.2) is 0 Å². The molecule has 0 heterocycles. The lowest BCUT2D eigenvalue weighted by Gasteiger charge is -2.37. The number of fused-ring (bicyclic) bond motifs is 1. The van der Waals surface area contributed by atoms with Gasteiger partial charge in [0.05, 0.1) is 18.8 Å². The van der Waals surface area contributed by atoms with Gasteiger partial charge in [0.1, 0.15) is 0 Å². The SMILES string of the molecule is C[C@]12CC(CO)=CCC(CCC#N)[C@H]1C=CC2O. The van der Waals surface area contributed by atoms with Crippen molar-refractivity contribution in [2.24, 2.45) is 17.3 Å². The number of aliphatic hydroxyl groups excluding tert-OH is 2. The molecule has 0 aromatic rings. The maximum absolute atomic E-state index is 10.2. The van der Waals surface area contributed by atoms with Crippen LogP contribution >= 0.6 is 0 Å². The number of hydrogen-bond acceptors (Lipinski definition) is 3. The monoisotopic (exact) mass is 247 g/mol. The highest BCUT2D eigenvalue weighted by molar-refractivity contribution is 5.22. The van der Waals surface area contributed by atoms with Crippen molar-refractivity contribution in [3.63, 3.8) is 0 Å². The van der Waals surface area contributed by atoms with Crippen molar-refractivity contribution in [2.45, 2.75) is 38.7 Å². The Labute approximate surface area is 108 Å². The zero-order valence-electron chi connectivity index (χ0n) is 10.8. The predicted octanol–water partition coefficient (Wildman–Crippen LogP) is 2.17. The van der Waals surface area contributed by atoms with Crippen molar-refractivity contribution in [1.29, 1.82) is 5.26 Å². The van der Waals surface area contributed by atoms with Crippen LogP contribution in [0.4, 0.5) is 0 Å². The quantitative estimate of drug-likeness (QED) is 0.751. The van der Waals surface area contributed by atoms with Crippen LogP contribution in [0.5, 0.6) is 0 Å². The van der Waals surface area contributed by atoms with Gasteiger partial charge in [-0.2, -0.15) is 5.26 Å². The first-order chi connectivity index (χ1) is 8.61. The van der Waals surface area contributed by atoms with E-state index in [1.54, 1.807) is 0 Å². The highest BCUT2D eigenvalue weighted by Gasteiger charge is 2.46. The topological polar surface area (TPSA) is 64.2 Å². The molecule has 0 aromatic carbocycles. The lowest BCUT2D eigenvalue weighted by atomic mass is 9.68. The molecule has 0 aromatic heterocycles. The van der Waals surface area contributed by atoms with Crippen molar-refractivity contribution >= 4 is 0 Å². The summed E-state index contributed by atoms with van der Waals surface area (Å²) in [5.74, 6) is 0.702. The van der Waals surface area contributed by atoms with E-state index in [1.807, 2.05) is 6.08 Å². The summed E-state index contributed by atoms with van der Waals surface area (Å²) in [6.45, 7) is 2.16. The molecule has 0 bridgehead atoms. The van der Waals surface area contributed by atoms with Gasteiger partial charge in [-0.3, -0.25) is 0 Å². The molecule has 3 nitrogen and oxygen atoms in total. The average molecular weight is 247 g/mol. The van der Waals surface area contributed by atoms with Crippen LogP contribution in [0.3, 0.4) is 0 Å². The first kappa shape index (κ1) is 13.3. The molecule has 0 aliphatic heterocycles. The molecule has 2 N–H and O–H groups in total. The Kier molecular flexibility index (Phi) is 3.89. The van der Waals surface area contributed by atoms with E-state index in [0.29, 0.717) is 18.3 Å². The number of nitrogens with zero attached hydrogens (tertiary/aromatic N) is 1. The third-order valence-corrected chi connectivity index (χ3v) is 4.59. The number of allylic oxidation sites excluding steroid dienone is 2. The molecule has 3 heteroatoms. The van der Waals surface area contributed by atoms with Crippen molar-refractivity contribution < 1.29 is 10.2 Å². The minimum Gasteiger partial charge on any atom is -0.392 e. The largest absolute Gasteiger partial charge is 0.392 e. The van der Waals surface area contributed by atoms with Gasteiger partial charge in [0.25, 0.3) is 0 Å². The van der Waals surface area contributed by atoms with Gasteiger partial charge in [-0.15, -0.1) is 0 Å². The van der Waals surface area contributed by atoms with Crippen molar-refractivity contribution in [2.75, 3.05) is 6.61 Å². The van der Waals surface area contributed by atoms with Gasteiger partial charge >= 0.3 is 0 Å². The van der Waals surface area contributed by atoms with Gasteiger partial charge in [-0.1, -0.05) is 25.2 Å². The van der Waals surface area contributed by atoms with Crippen LogP contribution in [-0.2, 0) is 0 Å². The van der Waals surface area contributed by atoms with Crippen LogP contribution in [0.15, 0.2) is 23.8 Å². The molecule has 18 heavy (non-hydrogen) atoms. The molecule has 0 amide bonds. The molecule has 0 radical (unpaired) electrons. The summed E-state index contributed by atoms with van der Waals surface area (Å²) < 4.78 is 0. The van der Waals surface area contributed by atoms with Crippen molar-refractivity contribution in [1.82, 2.24) is 0 Å². The summed E-state index contributed by atoms with van der Waals surface area (Å²) in [4.78, 5) is 0. The van der Waals surface area contributed by atoms with E-state index in [1.165, 1.54) is 0 Å². The van der Waals surface area contributed by atoms with E-state index >= 15 is 0 Å². The number of aliphatic hydroxyl groups is 2. The smallest absolute Gasteiger partial charge is 0.0783 e. The maximum atomic E-state index is 10.2. The zero-order valence-corrected chi connectivity index (χ0v) is 10.8. The Morgan fingerprint density at radius 2 is 2.28 bits per heavy atom. The van der Waals surface area contributed by atoms with Crippen LogP contribution in [0.25, 0.3) is 0 Å². The van der Waals surface area contributed by atoms with Crippen LogP contribution in [0.1, 0.15) is 32.6 Å². The Morgan fingerprint density at radius 1 is 1.50 bits per heavy atom. The van der Waals surface area contributed by atoms with Gasteiger partial charge in [0.2, 0.25) is 0 Å². The van der Waals surface area contributed by atoms with E-state index in [4.69, 9.17) is 5.26 Å². The Morgan fingerprint density at radius 3 is 2.94 bits per heavy atom. The average Bonchev–Trinajstić information content (AvgIpc) is 2.58. The summed E-state index contributed by atoms with van der Waals surface area (Å²) in [6.07, 6.45) is 8.71. The van der Waals surface area contributed by atoms with Crippen LogP contribution < -0.4 is 0 Å². The second-order valence-electron chi connectivity index (χ2n) is 5.75. The highest BCUT2D eigenvalue weighted by Crippen LogP contribution is 2.50. The lowest BCUT2D eigenvalue weighted by molar-refractivity contribution is 0.0370. The molecule has 0 saturated carbocycles. The third-order valence-electron chi connectivity index (χ3n) is 4.59. The molecular formula is C15H21NO2. The maximum Gasteiger partial charge on any atom is 0.0783 e. The van der Waals surface area contributed by atoms with Crippen molar-refractivity contribution in [3.8, 4) is 6.07 Å². The van der Waals surface area contributed by atoms with Crippen molar-refractivity contribution in [3.05, 3.63) is 23.8 Å². The highest BCUT2D eigenvalue weighted by atomic mass is 16.3. The van der Waals surface area contributed by atoms with Crippen LogP contribution in [0, 0.1) is 28.6 Å². The second-order valence-corrected chi connectivity index (χ2v) is 5.75. The first-order valence-electron chi connectivity index (χ1n) is 6.64. The van der Waals surface area contributed by atoms with E-state index in [9.17, 15) is 10.2 Å². The Hall–Kier alpha value is -1.11. The minimum atomic E-state index is -0.444. The summed E-state index contributed by atoms with van der Waals surface area (Å²) in [6, 6.07) is 2.21. The second kappa shape index (κ2) is 5.26.